The fraction of sp³-hybridized carbons (Fsp3) is 0.500. The van der Waals surface area contributed by atoms with E-state index in [0.717, 1.165) is 25.7 Å². The molecule has 0 unspecified atom stereocenters. The second kappa shape index (κ2) is 8.15. The maximum atomic E-state index is 12.0. The first-order valence-corrected chi connectivity index (χ1v) is 8.03. The molecule has 6 heteroatoms. The molecule has 0 radical (unpaired) electrons. The van der Waals surface area contributed by atoms with Gasteiger partial charge in [-0.3, -0.25) is 4.79 Å². The average Bonchev–Trinajstić information content (AvgIpc) is 2.47. The molecule has 1 aliphatic carbocycles. The third-order valence-corrected chi connectivity index (χ3v) is 4.21. The van der Waals surface area contributed by atoms with Crippen molar-refractivity contribution < 1.29 is 20.0 Å². The highest BCUT2D eigenvalue weighted by atomic mass is 35.5. The lowest BCUT2D eigenvalue weighted by Crippen LogP contribution is -2.98. The van der Waals surface area contributed by atoms with Crippen LogP contribution in [0.5, 0.6) is 0 Å². The van der Waals surface area contributed by atoms with Gasteiger partial charge in [0.15, 0.2) is 0 Å². The molecule has 1 amide bonds. The Bertz CT molecular complexity index is 530. The van der Waals surface area contributed by atoms with Crippen LogP contribution in [0.3, 0.4) is 0 Å². The van der Waals surface area contributed by atoms with E-state index in [0.29, 0.717) is 10.7 Å². The van der Waals surface area contributed by atoms with Crippen LogP contribution < -0.4 is 15.7 Å². The van der Waals surface area contributed by atoms with E-state index in [4.69, 9.17) is 11.6 Å². The molecule has 2 rings (SSSR count). The van der Waals surface area contributed by atoms with Gasteiger partial charge in [0.1, 0.15) is 6.04 Å². The number of hydrogen-bond donors (Lipinski definition) is 2. The molecule has 1 fully saturated rings. The van der Waals surface area contributed by atoms with Crippen molar-refractivity contribution in [3.8, 4) is 0 Å². The van der Waals surface area contributed by atoms with Crippen molar-refractivity contribution in [2.24, 2.45) is 0 Å². The Hall–Kier alpha value is -1.59. The summed E-state index contributed by atoms with van der Waals surface area (Å²) in [6.07, 6.45) is 5.34. The SMILES string of the molecule is O=C(C[C@@H]([NH2+]C1CCCCC1)C(=O)[O-])Nc1cccc(Cl)c1. The highest BCUT2D eigenvalue weighted by molar-refractivity contribution is 6.30. The molecule has 0 aliphatic heterocycles. The number of halogens is 1. The van der Waals surface area contributed by atoms with Crippen LogP contribution in [0.25, 0.3) is 0 Å². The number of amides is 1. The first kappa shape index (κ1) is 16.8. The zero-order valence-corrected chi connectivity index (χ0v) is 13.1. The van der Waals surface area contributed by atoms with E-state index in [1.54, 1.807) is 29.6 Å². The van der Waals surface area contributed by atoms with E-state index in [1.165, 1.54) is 6.42 Å². The summed E-state index contributed by atoms with van der Waals surface area (Å²) in [5, 5.41) is 16.2. The summed E-state index contributed by atoms with van der Waals surface area (Å²) in [5.41, 5.74) is 0.562. The third-order valence-electron chi connectivity index (χ3n) is 3.97. The second-order valence-corrected chi connectivity index (χ2v) is 6.22. The maximum absolute atomic E-state index is 12.0. The van der Waals surface area contributed by atoms with Gasteiger partial charge in [0.25, 0.3) is 0 Å². The van der Waals surface area contributed by atoms with E-state index in [-0.39, 0.29) is 18.4 Å². The van der Waals surface area contributed by atoms with Crippen LogP contribution in [0.4, 0.5) is 5.69 Å². The largest absolute Gasteiger partial charge is 0.544 e. The summed E-state index contributed by atoms with van der Waals surface area (Å²) in [7, 11) is 0. The first-order valence-electron chi connectivity index (χ1n) is 7.66. The predicted molar refractivity (Wildman–Crippen MR) is 82.3 cm³/mol. The van der Waals surface area contributed by atoms with Crippen LogP contribution in [0.2, 0.25) is 5.02 Å². The van der Waals surface area contributed by atoms with Crippen molar-refractivity contribution in [3.05, 3.63) is 29.3 Å². The minimum atomic E-state index is -1.19. The molecule has 5 nitrogen and oxygen atoms in total. The van der Waals surface area contributed by atoms with Gasteiger partial charge < -0.3 is 20.5 Å². The maximum Gasteiger partial charge on any atom is 0.230 e. The quantitative estimate of drug-likeness (QED) is 0.807. The normalized spacial score (nSPS) is 17.0. The number of carboxylic acid groups (broad SMARTS) is 1. The summed E-state index contributed by atoms with van der Waals surface area (Å²) < 4.78 is 0. The molecule has 0 saturated heterocycles. The Morgan fingerprint density at radius 2 is 2.05 bits per heavy atom. The van der Waals surface area contributed by atoms with E-state index < -0.39 is 12.0 Å². The van der Waals surface area contributed by atoms with Crippen LogP contribution >= 0.6 is 11.6 Å². The molecule has 22 heavy (non-hydrogen) atoms. The van der Waals surface area contributed by atoms with E-state index in [2.05, 4.69) is 5.32 Å². The number of carbonyl (C=O) groups excluding carboxylic acids is 2. The lowest BCUT2D eigenvalue weighted by atomic mass is 9.94. The summed E-state index contributed by atoms with van der Waals surface area (Å²) in [6.45, 7) is 0. The van der Waals surface area contributed by atoms with Crippen LogP contribution in [0, 0.1) is 0 Å². The molecule has 1 aromatic rings. The molecular weight excluding hydrogens is 304 g/mol. The van der Waals surface area contributed by atoms with Crippen molar-refractivity contribution in [1.29, 1.82) is 0 Å². The van der Waals surface area contributed by atoms with E-state index >= 15 is 0 Å². The number of nitrogens with two attached hydrogens (primary N) is 1. The molecule has 1 aliphatic rings. The van der Waals surface area contributed by atoms with Crippen LogP contribution in [-0.4, -0.2) is 24.0 Å². The van der Waals surface area contributed by atoms with Gasteiger partial charge in [-0.05, 0) is 43.9 Å². The third kappa shape index (κ3) is 5.31. The molecule has 1 saturated carbocycles. The fourth-order valence-electron chi connectivity index (χ4n) is 2.86. The second-order valence-electron chi connectivity index (χ2n) is 5.78. The van der Waals surface area contributed by atoms with Crippen LogP contribution in [-0.2, 0) is 9.59 Å². The summed E-state index contributed by atoms with van der Waals surface area (Å²) >= 11 is 5.85. The van der Waals surface area contributed by atoms with Crippen LogP contribution in [0.1, 0.15) is 38.5 Å². The van der Waals surface area contributed by atoms with Gasteiger partial charge in [-0.1, -0.05) is 24.1 Å². The molecular formula is C16H21ClN2O3. The highest BCUT2D eigenvalue weighted by Crippen LogP contribution is 2.16. The number of carbonyl (C=O) groups is 2. The monoisotopic (exact) mass is 324 g/mol. The number of anilines is 1. The van der Waals surface area contributed by atoms with E-state index in [9.17, 15) is 14.7 Å². The smallest absolute Gasteiger partial charge is 0.230 e. The fourth-order valence-corrected chi connectivity index (χ4v) is 3.05. The number of nitrogens with one attached hydrogen (secondary N) is 1. The minimum Gasteiger partial charge on any atom is -0.544 e. The van der Waals surface area contributed by atoms with Crippen molar-refractivity contribution in [2.45, 2.75) is 50.6 Å². The summed E-state index contributed by atoms with van der Waals surface area (Å²) in [6, 6.07) is 6.19. The molecule has 0 aromatic heterocycles. The van der Waals surface area contributed by atoms with Crippen molar-refractivity contribution >= 4 is 29.2 Å². The van der Waals surface area contributed by atoms with Crippen molar-refractivity contribution in [3.63, 3.8) is 0 Å². The molecule has 0 bridgehead atoms. The molecule has 0 spiro atoms. The van der Waals surface area contributed by atoms with Gasteiger partial charge in [0, 0.05) is 10.7 Å². The Labute approximate surface area is 135 Å². The Kier molecular flexibility index (Phi) is 6.21. The Morgan fingerprint density at radius 3 is 2.68 bits per heavy atom. The van der Waals surface area contributed by atoms with Crippen molar-refractivity contribution in [2.75, 3.05) is 5.32 Å². The average molecular weight is 325 g/mol. The molecule has 1 atom stereocenters. The first-order chi connectivity index (χ1) is 10.5. The Balaban J connectivity index is 1.89. The lowest BCUT2D eigenvalue weighted by Gasteiger charge is -2.25. The predicted octanol–water partition coefficient (Wildman–Crippen LogP) is 0.683. The lowest BCUT2D eigenvalue weighted by molar-refractivity contribution is -0.716. The number of hydrogen-bond acceptors (Lipinski definition) is 3. The standard InChI is InChI=1S/C16H21ClN2O3/c17-11-5-4-8-13(9-11)19-15(20)10-14(16(21)22)18-12-6-2-1-3-7-12/h4-5,8-9,12,14,18H,1-3,6-7,10H2,(H,19,20)(H,21,22)/t14-/m1/s1. The zero-order chi connectivity index (χ0) is 15.9. The van der Waals surface area contributed by atoms with Crippen LogP contribution in [0.15, 0.2) is 24.3 Å². The summed E-state index contributed by atoms with van der Waals surface area (Å²) in [5.74, 6) is -1.53. The van der Waals surface area contributed by atoms with Gasteiger partial charge in [-0.2, -0.15) is 0 Å². The summed E-state index contributed by atoms with van der Waals surface area (Å²) in [4.78, 5) is 23.3. The number of rotatable bonds is 6. The van der Waals surface area contributed by atoms with Gasteiger partial charge in [-0.25, -0.2) is 0 Å². The van der Waals surface area contributed by atoms with Crippen molar-refractivity contribution in [1.82, 2.24) is 0 Å². The zero-order valence-electron chi connectivity index (χ0n) is 12.4. The Morgan fingerprint density at radius 1 is 1.32 bits per heavy atom. The number of carboxylic acids is 1. The van der Waals surface area contributed by atoms with Gasteiger partial charge >= 0.3 is 0 Å². The minimum absolute atomic E-state index is 0.106. The molecule has 120 valence electrons. The number of aliphatic carboxylic acids is 1. The molecule has 0 heterocycles. The topological polar surface area (TPSA) is 85.8 Å². The van der Waals surface area contributed by atoms with Gasteiger partial charge in [0.2, 0.25) is 5.91 Å². The number of benzene rings is 1. The highest BCUT2D eigenvalue weighted by Gasteiger charge is 2.24. The number of quaternary nitrogens is 1. The molecule has 1 aromatic carbocycles. The molecule has 3 N–H and O–H groups in total. The van der Waals surface area contributed by atoms with Gasteiger partial charge in [0.05, 0.1) is 18.4 Å². The van der Waals surface area contributed by atoms with E-state index in [1.807, 2.05) is 0 Å². The van der Waals surface area contributed by atoms with Gasteiger partial charge in [-0.15, -0.1) is 0 Å².